The minimum atomic E-state index is -4.39. The van der Waals surface area contributed by atoms with Crippen LogP contribution >= 0.6 is 0 Å². The zero-order valence-electron chi connectivity index (χ0n) is 17.0. The summed E-state index contributed by atoms with van der Waals surface area (Å²) >= 11 is 0. The summed E-state index contributed by atoms with van der Waals surface area (Å²) in [5.41, 5.74) is 0.531. The van der Waals surface area contributed by atoms with Crippen LogP contribution in [0.15, 0.2) is 24.3 Å². The van der Waals surface area contributed by atoms with Crippen molar-refractivity contribution in [3.05, 3.63) is 24.3 Å². The number of piperidine rings is 1. The number of hydrogen-bond acceptors (Lipinski definition) is 3. The Bertz CT molecular complexity index is 756. The molecule has 2 unspecified atom stereocenters. The third-order valence-electron chi connectivity index (χ3n) is 5.33. The van der Waals surface area contributed by atoms with Crippen LogP contribution in [0, 0.1) is 17.3 Å². The van der Waals surface area contributed by atoms with Crippen molar-refractivity contribution < 1.29 is 27.5 Å². The first-order valence-electron chi connectivity index (χ1n) is 9.82. The number of carbonyl (C=O) groups excluding carboxylic acids is 2. The van der Waals surface area contributed by atoms with E-state index in [1.165, 1.54) is 12.1 Å². The Hall–Kier alpha value is -2.25. The molecule has 5 nitrogen and oxygen atoms in total. The summed E-state index contributed by atoms with van der Waals surface area (Å²) in [6.45, 7) is 6.28. The maximum atomic E-state index is 13.0. The summed E-state index contributed by atoms with van der Waals surface area (Å²) < 4.78 is 41.5. The molecule has 2 fully saturated rings. The Morgan fingerprint density at radius 3 is 2.38 bits per heavy atom. The van der Waals surface area contributed by atoms with Crippen molar-refractivity contribution in [2.45, 2.75) is 39.8 Å². The minimum absolute atomic E-state index is 0.0312. The highest BCUT2D eigenvalue weighted by molar-refractivity contribution is 5.97. The van der Waals surface area contributed by atoms with Gasteiger partial charge < -0.3 is 14.5 Å². The van der Waals surface area contributed by atoms with Gasteiger partial charge in [-0.1, -0.05) is 20.8 Å². The van der Waals surface area contributed by atoms with Crippen LogP contribution in [-0.2, 0) is 9.59 Å². The number of nitrogens with zero attached hydrogens (tertiary/aromatic N) is 2. The lowest BCUT2D eigenvalue weighted by atomic mass is 9.87. The number of likely N-dealkylation sites (tertiary alicyclic amines) is 1. The van der Waals surface area contributed by atoms with Gasteiger partial charge in [0.05, 0.1) is 5.92 Å². The molecule has 1 aromatic carbocycles. The SMILES string of the molecule is CC(C)(C)CC(=O)N1CC2CCN(c3ccc(OCC(F)(F)F)cc3)C(=O)C2C1. The smallest absolute Gasteiger partial charge is 0.422 e. The number of anilines is 1. The van der Waals surface area contributed by atoms with Crippen molar-refractivity contribution in [2.75, 3.05) is 31.1 Å². The molecule has 2 aliphatic rings. The summed E-state index contributed by atoms with van der Waals surface area (Å²) in [6, 6.07) is 6.07. The first-order chi connectivity index (χ1) is 13.4. The number of alkyl halides is 3. The van der Waals surface area contributed by atoms with E-state index in [0.29, 0.717) is 31.7 Å². The fourth-order valence-corrected chi connectivity index (χ4v) is 3.96. The minimum Gasteiger partial charge on any atom is -0.484 e. The number of rotatable bonds is 4. The molecule has 1 aromatic rings. The molecule has 2 saturated heterocycles. The van der Waals surface area contributed by atoms with Crippen molar-refractivity contribution in [3.63, 3.8) is 0 Å². The van der Waals surface area contributed by atoms with Crippen molar-refractivity contribution in [1.29, 1.82) is 0 Å². The van der Waals surface area contributed by atoms with Crippen molar-refractivity contribution >= 4 is 17.5 Å². The fourth-order valence-electron chi connectivity index (χ4n) is 3.96. The van der Waals surface area contributed by atoms with Gasteiger partial charge in [0.15, 0.2) is 6.61 Å². The van der Waals surface area contributed by atoms with Crippen LogP contribution < -0.4 is 9.64 Å². The van der Waals surface area contributed by atoms with Crippen LogP contribution in [0.3, 0.4) is 0 Å². The number of ether oxygens (including phenoxy) is 1. The Morgan fingerprint density at radius 2 is 1.79 bits per heavy atom. The lowest BCUT2D eigenvalue weighted by molar-refractivity contribution is -0.153. The van der Waals surface area contributed by atoms with Gasteiger partial charge in [-0.2, -0.15) is 13.2 Å². The second kappa shape index (κ2) is 7.88. The molecule has 160 valence electrons. The molecular formula is C21H27F3N2O3. The van der Waals surface area contributed by atoms with Crippen LogP contribution in [-0.4, -0.2) is 49.1 Å². The first kappa shape index (κ1) is 21.5. The van der Waals surface area contributed by atoms with Crippen molar-refractivity contribution in [3.8, 4) is 5.75 Å². The molecule has 0 aromatic heterocycles. The van der Waals surface area contributed by atoms with Gasteiger partial charge in [-0.25, -0.2) is 0 Å². The zero-order valence-corrected chi connectivity index (χ0v) is 17.0. The van der Waals surface area contributed by atoms with Crippen molar-refractivity contribution in [1.82, 2.24) is 4.90 Å². The molecule has 0 bridgehead atoms. The van der Waals surface area contributed by atoms with Crippen LogP contribution in [0.4, 0.5) is 18.9 Å². The maximum Gasteiger partial charge on any atom is 0.422 e. The van der Waals surface area contributed by atoms with E-state index in [1.807, 2.05) is 20.8 Å². The molecule has 29 heavy (non-hydrogen) atoms. The summed E-state index contributed by atoms with van der Waals surface area (Å²) in [4.78, 5) is 29.0. The Kier molecular flexibility index (Phi) is 5.83. The number of fused-ring (bicyclic) bond motifs is 1. The summed E-state index contributed by atoms with van der Waals surface area (Å²) in [5, 5.41) is 0. The number of benzene rings is 1. The van der Waals surface area contributed by atoms with Gasteiger partial charge in [0.1, 0.15) is 5.75 Å². The highest BCUT2D eigenvalue weighted by Crippen LogP contribution is 2.36. The monoisotopic (exact) mass is 412 g/mol. The third-order valence-corrected chi connectivity index (χ3v) is 5.33. The topological polar surface area (TPSA) is 49.9 Å². The van der Waals surface area contributed by atoms with Gasteiger partial charge in [-0.3, -0.25) is 9.59 Å². The average molecular weight is 412 g/mol. The quantitative estimate of drug-likeness (QED) is 0.754. The molecule has 0 N–H and O–H groups in total. The Labute approximate surface area is 168 Å². The van der Waals surface area contributed by atoms with Gasteiger partial charge in [0, 0.05) is 31.7 Å². The summed E-state index contributed by atoms with van der Waals surface area (Å²) in [7, 11) is 0. The molecule has 2 amide bonds. The predicted molar refractivity (Wildman–Crippen MR) is 103 cm³/mol. The van der Waals surface area contributed by atoms with Gasteiger partial charge in [-0.15, -0.1) is 0 Å². The number of hydrogen-bond donors (Lipinski definition) is 0. The van der Waals surface area contributed by atoms with E-state index in [0.717, 1.165) is 6.42 Å². The van der Waals surface area contributed by atoms with Crippen molar-refractivity contribution in [2.24, 2.45) is 17.3 Å². The van der Waals surface area contributed by atoms with Crippen LogP contribution in [0.5, 0.6) is 5.75 Å². The van der Waals surface area contributed by atoms with E-state index in [9.17, 15) is 22.8 Å². The highest BCUT2D eigenvalue weighted by atomic mass is 19.4. The fraction of sp³-hybridized carbons (Fsp3) is 0.619. The number of amides is 2. The molecule has 0 spiro atoms. The zero-order chi connectivity index (χ0) is 21.4. The highest BCUT2D eigenvalue weighted by Gasteiger charge is 2.44. The predicted octanol–water partition coefficient (Wildman–Crippen LogP) is 3.88. The largest absolute Gasteiger partial charge is 0.484 e. The van der Waals surface area contributed by atoms with E-state index in [1.54, 1.807) is 21.9 Å². The summed E-state index contributed by atoms with van der Waals surface area (Å²) in [5.74, 6) is 0.0906. The molecular weight excluding hydrogens is 385 g/mol. The Balaban J connectivity index is 1.63. The van der Waals surface area contributed by atoms with Crippen LogP contribution in [0.2, 0.25) is 0 Å². The van der Waals surface area contributed by atoms with Crippen LogP contribution in [0.25, 0.3) is 0 Å². The normalized spacial score (nSPS) is 22.6. The van der Waals surface area contributed by atoms with E-state index in [4.69, 9.17) is 4.74 Å². The van der Waals surface area contributed by atoms with E-state index in [2.05, 4.69) is 0 Å². The third kappa shape index (κ3) is 5.42. The number of halogens is 3. The van der Waals surface area contributed by atoms with Gasteiger partial charge >= 0.3 is 6.18 Å². The second-order valence-corrected chi connectivity index (χ2v) is 9.08. The van der Waals surface area contributed by atoms with Crippen LogP contribution in [0.1, 0.15) is 33.6 Å². The first-order valence-corrected chi connectivity index (χ1v) is 9.82. The molecule has 0 aliphatic carbocycles. The molecule has 2 heterocycles. The molecule has 0 radical (unpaired) electrons. The van der Waals surface area contributed by atoms with E-state index in [-0.39, 0.29) is 34.8 Å². The second-order valence-electron chi connectivity index (χ2n) is 9.08. The standard InChI is InChI=1S/C21H27F3N2O3/c1-20(2,3)10-18(27)25-11-14-8-9-26(19(28)17(14)12-25)15-4-6-16(7-5-15)29-13-21(22,23)24/h4-7,14,17H,8-13H2,1-3H3. The molecule has 2 aliphatic heterocycles. The maximum absolute atomic E-state index is 13.0. The van der Waals surface area contributed by atoms with E-state index >= 15 is 0 Å². The van der Waals surface area contributed by atoms with Gasteiger partial charge in [0.25, 0.3) is 0 Å². The number of carbonyl (C=O) groups is 2. The summed E-state index contributed by atoms with van der Waals surface area (Å²) in [6.07, 6.45) is -3.15. The molecule has 2 atom stereocenters. The Morgan fingerprint density at radius 1 is 1.14 bits per heavy atom. The average Bonchev–Trinajstić information content (AvgIpc) is 3.04. The lowest BCUT2D eigenvalue weighted by Gasteiger charge is -2.33. The van der Waals surface area contributed by atoms with Gasteiger partial charge in [0.2, 0.25) is 11.8 Å². The van der Waals surface area contributed by atoms with E-state index < -0.39 is 12.8 Å². The molecule has 8 heteroatoms. The molecule has 0 saturated carbocycles. The molecule has 3 rings (SSSR count). The van der Waals surface area contributed by atoms with Gasteiger partial charge in [-0.05, 0) is 42.0 Å². The lowest BCUT2D eigenvalue weighted by Crippen LogP contribution is -2.45.